The van der Waals surface area contributed by atoms with E-state index in [-0.39, 0.29) is 17.2 Å². The number of hydrogen-bond acceptors (Lipinski definition) is 6. The maximum atomic E-state index is 14.4. The molecule has 4 N–H and O–H groups in total. The number of aliphatic imine (C=N–C) groups is 1. The van der Waals surface area contributed by atoms with Gasteiger partial charge in [0.1, 0.15) is 11.4 Å². The van der Waals surface area contributed by atoms with E-state index < -0.39 is 5.54 Å². The Balaban J connectivity index is 2.12. The molecule has 1 amide bonds. The maximum Gasteiger partial charge on any atom is 0.211 e. The smallest absolute Gasteiger partial charge is 0.211 e. The third-order valence-electron chi connectivity index (χ3n) is 3.61. The van der Waals surface area contributed by atoms with E-state index in [2.05, 4.69) is 15.0 Å². The second kappa shape index (κ2) is 5.53. The van der Waals surface area contributed by atoms with Crippen LogP contribution in [0.25, 0.3) is 0 Å². The van der Waals surface area contributed by atoms with E-state index in [0.717, 1.165) is 6.42 Å². The molecule has 1 fully saturated rings. The second-order valence-electron chi connectivity index (χ2n) is 4.90. The van der Waals surface area contributed by atoms with Crippen LogP contribution in [-0.2, 0) is 15.1 Å². The summed E-state index contributed by atoms with van der Waals surface area (Å²) in [5.41, 5.74) is 5.44. The van der Waals surface area contributed by atoms with Gasteiger partial charge in [-0.2, -0.15) is 0 Å². The third kappa shape index (κ3) is 2.44. The number of nitrogens with two attached hydrogens (primary N) is 1. The third-order valence-corrected chi connectivity index (χ3v) is 4.68. The molecule has 112 valence electrons. The number of ether oxygens (including phenoxy) is 1. The minimum atomic E-state index is -0.872. The Morgan fingerprint density at radius 1 is 1.62 bits per heavy atom. The summed E-state index contributed by atoms with van der Waals surface area (Å²) in [6, 6.07) is 4.41. The van der Waals surface area contributed by atoms with Gasteiger partial charge in [0.05, 0.1) is 0 Å². The van der Waals surface area contributed by atoms with Gasteiger partial charge in [-0.05, 0) is 43.0 Å². The van der Waals surface area contributed by atoms with Crippen LogP contribution in [0.3, 0.4) is 0 Å². The van der Waals surface area contributed by atoms with Crippen molar-refractivity contribution < 1.29 is 13.9 Å². The fourth-order valence-electron chi connectivity index (χ4n) is 2.72. The molecule has 2 aliphatic heterocycles. The fraction of sp³-hybridized carbons (Fsp3) is 0.385. The lowest BCUT2D eigenvalue weighted by Gasteiger charge is -2.43. The number of fused-ring (bicyclic) bond motifs is 1. The Morgan fingerprint density at radius 2 is 2.48 bits per heavy atom. The number of benzene rings is 1. The van der Waals surface area contributed by atoms with Crippen molar-refractivity contribution in [2.24, 2.45) is 10.7 Å². The van der Waals surface area contributed by atoms with Crippen molar-refractivity contribution in [3.05, 3.63) is 29.6 Å². The summed E-state index contributed by atoms with van der Waals surface area (Å²) >= 11 is 1.29. The van der Waals surface area contributed by atoms with E-state index in [0.29, 0.717) is 30.7 Å². The predicted molar refractivity (Wildman–Crippen MR) is 79.1 cm³/mol. The fourth-order valence-corrected chi connectivity index (χ4v) is 3.65. The molecule has 0 aliphatic carbocycles. The molecule has 8 heteroatoms. The molecule has 2 atom stereocenters. The lowest BCUT2D eigenvalue weighted by molar-refractivity contribution is -0.105. The Kier molecular flexibility index (Phi) is 3.73. The van der Waals surface area contributed by atoms with E-state index in [1.54, 1.807) is 6.07 Å². The lowest BCUT2D eigenvalue weighted by Crippen LogP contribution is -2.50. The molecule has 0 aromatic heterocycles. The molecule has 1 aromatic rings. The van der Waals surface area contributed by atoms with Gasteiger partial charge < -0.3 is 15.8 Å². The largest absolute Gasteiger partial charge is 0.369 e. The Morgan fingerprint density at radius 3 is 3.29 bits per heavy atom. The molecule has 0 radical (unpaired) electrons. The molecular weight excluding hydrogens is 295 g/mol. The summed E-state index contributed by atoms with van der Waals surface area (Å²) in [6.07, 6.45) is 1.95. The van der Waals surface area contributed by atoms with Crippen molar-refractivity contribution in [3.8, 4) is 0 Å². The van der Waals surface area contributed by atoms with E-state index >= 15 is 0 Å². The lowest BCUT2D eigenvalue weighted by atomic mass is 9.84. The Labute approximate surface area is 125 Å². The average molecular weight is 310 g/mol. The topological polar surface area (TPSA) is 88.7 Å². The first-order valence-corrected chi connectivity index (χ1v) is 7.42. The molecule has 21 heavy (non-hydrogen) atoms. The van der Waals surface area contributed by atoms with Gasteiger partial charge in [-0.25, -0.2) is 9.38 Å². The van der Waals surface area contributed by atoms with E-state index in [4.69, 9.17) is 10.5 Å². The molecule has 6 nitrogen and oxygen atoms in total. The molecule has 2 unspecified atom stereocenters. The molecule has 1 aromatic carbocycles. The summed E-state index contributed by atoms with van der Waals surface area (Å²) < 4.78 is 23.0. The molecule has 0 saturated carbocycles. The van der Waals surface area contributed by atoms with Gasteiger partial charge in [0.15, 0.2) is 11.4 Å². The first kappa shape index (κ1) is 14.2. The highest BCUT2D eigenvalue weighted by Gasteiger charge is 2.48. The number of hydrogen-bond donors (Lipinski definition) is 3. The van der Waals surface area contributed by atoms with E-state index in [1.165, 1.54) is 24.1 Å². The van der Waals surface area contributed by atoms with Gasteiger partial charge in [0, 0.05) is 17.9 Å². The average Bonchev–Trinajstić information content (AvgIpc) is 2.49. The zero-order valence-corrected chi connectivity index (χ0v) is 12.0. The maximum absolute atomic E-state index is 14.4. The van der Waals surface area contributed by atoms with Crippen molar-refractivity contribution in [2.75, 3.05) is 11.9 Å². The minimum absolute atomic E-state index is 0.245. The number of rotatable bonds is 3. The van der Waals surface area contributed by atoms with E-state index in [1.807, 2.05) is 0 Å². The van der Waals surface area contributed by atoms with Crippen LogP contribution in [0.15, 0.2) is 23.2 Å². The zero-order valence-electron chi connectivity index (χ0n) is 11.1. The second-order valence-corrected chi connectivity index (χ2v) is 5.77. The number of guanidine groups is 1. The highest BCUT2D eigenvalue weighted by molar-refractivity contribution is 7.98. The highest BCUT2D eigenvalue weighted by Crippen LogP contribution is 2.46. The normalized spacial score (nSPS) is 28.0. The predicted octanol–water partition coefficient (Wildman–Crippen LogP) is 1.29. The number of halogens is 1. The number of carbonyl (C=O) groups excluding carboxylic acids is 1. The van der Waals surface area contributed by atoms with Crippen LogP contribution < -0.4 is 15.8 Å². The van der Waals surface area contributed by atoms with Gasteiger partial charge >= 0.3 is 0 Å². The van der Waals surface area contributed by atoms with Gasteiger partial charge in [0.25, 0.3) is 0 Å². The van der Waals surface area contributed by atoms with Gasteiger partial charge in [-0.3, -0.25) is 9.52 Å². The Bertz CT molecular complexity index is 598. The van der Waals surface area contributed by atoms with Crippen molar-refractivity contribution in [2.45, 2.75) is 23.8 Å². The van der Waals surface area contributed by atoms with Gasteiger partial charge in [-0.1, -0.05) is 0 Å². The number of carbonyl (C=O) groups is 1. The van der Waals surface area contributed by atoms with Gasteiger partial charge in [0.2, 0.25) is 6.41 Å². The summed E-state index contributed by atoms with van der Waals surface area (Å²) in [4.78, 5) is 15.0. The number of amides is 1. The standard InChI is InChI=1S/C13H15FN4O2S/c14-10-3-2-8(16-7-19)6-9(10)13-4-1-5-20-11(13)21-18-12(15)17-13/h2-3,6-7,11H,1,4-5H2,(H,16,19)(H3,15,17,18). The van der Waals surface area contributed by atoms with Crippen LogP contribution in [-0.4, -0.2) is 24.4 Å². The molecule has 3 rings (SSSR count). The number of nitrogens with zero attached hydrogens (tertiary/aromatic N) is 1. The summed E-state index contributed by atoms with van der Waals surface area (Å²) in [5.74, 6) is -0.143. The van der Waals surface area contributed by atoms with Crippen molar-refractivity contribution in [1.82, 2.24) is 4.72 Å². The van der Waals surface area contributed by atoms with Crippen molar-refractivity contribution in [3.63, 3.8) is 0 Å². The molecule has 0 spiro atoms. The van der Waals surface area contributed by atoms with Crippen LogP contribution in [0.1, 0.15) is 18.4 Å². The quantitative estimate of drug-likeness (QED) is 0.578. The first-order chi connectivity index (χ1) is 10.2. The zero-order chi connectivity index (χ0) is 14.9. The molecule has 2 heterocycles. The molecule has 1 saturated heterocycles. The van der Waals surface area contributed by atoms with Gasteiger partial charge in [-0.15, -0.1) is 0 Å². The van der Waals surface area contributed by atoms with Crippen molar-refractivity contribution in [1.29, 1.82) is 0 Å². The number of nitrogens with one attached hydrogen (secondary N) is 2. The Hall–Kier alpha value is -1.80. The van der Waals surface area contributed by atoms with Crippen LogP contribution >= 0.6 is 11.9 Å². The highest BCUT2D eigenvalue weighted by atomic mass is 32.2. The van der Waals surface area contributed by atoms with Crippen LogP contribution in [0.2, 0.25) is 0 Å². The van der Waals surface area contributed by atoms with Crippen LogP contribution in [0.5, 0.6) is 0 Å². The number of anilines is 1. The molecular formula is C13H15FN4O2S. The first-order valence-electron chi connectivity index (χ1n) is 6.54. The molecule has 0 bridgehead atoms. The van der Waals surface area contributed by atoms with Crippen LogP contribution in [0.4, 0.5) is 10.1 Å². The van der Waals surface area contributed by atoms with E-state index in [9.17, 15) is 9.18 Å². The summed E-state index contributed by atoms with van der Waals surface area (Å²) in [7, 11) is 0. The monoisotopic (exact) mass is 310 g/mol. The van der Waals surface area contributed by atoms with Crippen molar-refractivity contribution >= 4 is 30.0 Å². The minimum Gasteiger partial charge on any atom is -0.369 e. The SMILES string of the molecule is NC1=NC2(c3cc(NC=O)ccc3F)CCCOC2SN1. The summed E-state index contributed by atoms with van der Waals surface area (Å²) in [5, 5.41) is 2.53. The summed E-state index contributed by atoms with van der Waals surface area (Å²) in [6.45, 7) is 0.602. The molecule has 2 aliphatic rings. The van der Waals surface area contributed by atoms with Crippen LogP contribution in [0, 0.1) is 5.82 Å².